The predicted molar refractivity (Wildman–Crippen MR) is 107 cm³/mol. The fourth-order valence-corrected chi connectivity index (χ4v) is 4.41. The van der Waals surface area contributed by atoms with E-state index in [9.17, 15) is 13.2 Å². The summed E-state index contributed by atoms with van der Waals surface area (Å²) in [5, 5.41) is 3.56. The monoisotopic (exact) mass is 425 g/mol. The number of hydrogen-bond donors (Lipinski definition) is 2. The minimum atomic E-state index is -3.79. The van der Waals surface area contributed by atoms with E-state index in [0.717, 1.165) is 0 Å². The van der Waals surface area contributed by atoms with Crippen LogP contribution in [0.2, 0.25) is 5.02 Å². The maximum atomic E-state index is 12.6. The van der Waals surface area contributed by atoms with Crippen molar-refractivity contribution < 1.29 is 17.9 Å². The van der Waals surface area contributed by atoms with Gasteiger partial charge in [0.25, 0.3) is 10.0 Å². The number of nitrogens with zero attached hydrogens (tertiary/aromatic N) is 1. The van der Waals surface area contributed by atoms with Crippen LogP contribution in [0.1, 0.15) is 13.3 Å². The van der Waals surface area contributed by atoms with E-state index >= 15 is 0 Å². The van der Waals surface area contributed by atoms with E-state index in [1.807, 2.05) is 0 Å². The van der Waals surface area contributed by atoms with Gasteiger partial charge in [0.1, 0.15) is 11.3 Å². The van der Waals surface area contributed by atoms with Crippen molar-refractivity contribution in [3.05, 3.63) is 41.4 Å². The predicted octanol–water partition coefficient (Wildman–Crippen LogP) is 4.11. The molecule has 0 bridgehead atoms. The number of halogens is 1. The third-order valence-electron chi connectivity index (χ3n) is 3.62. The van der Waals surface area contributed by atoms with E-state index in [-0.39, 0.29) is 10.8 Å². The standard InChI is InChI=1S/C17H16ClN3O4S2/c1-3-15(22)19-17-20-16-13(25-2)8-11(9-14(16)26-17)21-27(23,24)12-6-4-10(18)5-7-12/h4-9,21H,3H2,1-2H3,(H,19,20,22). The number of thiazole rings is 1. The third kappa shape index (κ3) is 4.32. The van der Waals surface area contributed by atoms with Crippen molar-refractivity contribution in [1.82, 2.24) is 4.98 Å². The number of amides is 1. The Morgan fingerprint density at radius 1 is 1.26 bits per heavy atom. The normalized spacial score (nSPS) is 11.4. The van der Waals surface area contributed by atoms with Crippen molar-refractivity contribution in [2.75, 3.05) is 17.1 Å². The average molecular weight is 426 g/mol. The van der Waals surface area contributed by atoms with Gasteiger partial charge in [-0.3, -0.25) is 9.52 Å². The number of hydrogen-bond acceptors (Lipinski definition) is 6. The van der Waals surface area contributed by atoms with Crippen molar-refractivity contribution in [2.45, 2.75) is 18.2 Å². The molecule has 0 aliphatic carbocycles. The van der Waals surface area contributed by atoms with Crippen LogP contribution in [0.5, 0.6) is 5.75 Å². The lowest BCUT2D eigenvalue weighted by Crippen LogP contribution is -2.12. The van der Waals surface area contributed by atoms with E-state index in [0.29, 0.717) is 38.2 Å². The SMILES string of the molecule is CCC(=O)Nc1nc2c(OC)cc(NS(=O)(=O)c3ccc(Cl)cc3)cc2s1. The molecule has 1 amide bonds. The fraction of sp³-hybridized carbons (Fsp3) is 0.176. The minimum Gasteiger partial charge on any atom is -0.494 e. The maximum absolute atomic E-state index is 12.6. The zero-order valence-electron chi connectivity index (χ0n) is 14.4. The molecule has 0 saturated carbocycles. The number of fused-ring (bicyclic) bond motifs is 1. The molecule has 1 heterocycles. The molecular weight excluding hydrogens is 410 g/mol. The largest absolute Gasteiger partial charge is 0.494 e. The summed E-state index contributed by atoms with van der Waals surface area (Å²) in [5.74, 6) is 0.242. The number of anilines is 2. The second-order valence-electron chi connectivity index (χ2n) is 5.51. The molecular formula is C17H16ClN3O4S2. The van der Waals surface area contributed by atoms with Gasteiger partial charge in [0.15, 0.2) is 5.13 Å². The Hall–Kier alpha value is -2.36. The van der Waals surface area contributed by atoms with E-state index in [1.54, 1.807) is 19.1 Å². The third-order valence-corrected chi connectivity index (χ3v) is 6.19. The molecule has 142 valence electrons. The van der Waals surface area contributed by atoms with Crippen LogP contribution < -0.4 is 14.8 Å². The number of sulfonamides is 1. The van der Waals surface area contributed by atoms with E-state index in [4.69, 9.17) is 16.3 Å². The lowest BCUT2D eigenvalue weighted by molar-refractivity contribution is -0.115. The molecule has 0 atom stereocenters. The molecule has 10 heteroatoms. The number of carbonyl (C=O) groups is 1. The van der Waals surface area contributed by atoms with Crippen LogP contribution in [-0.2, 0) is 14.8 Å². The van der Waals surface area contributed by atoms with Crippen molar-refractivity contribution in [1.29, 1.82) is 0 Å². The van der Waals surface area contributed by atoms with Crippen LogP contribution >= 0.6 is 22.9 Å². The van der Waals surface area contributed by atoms with Gasteiger partial charge in [-0.15, -0.1) is 0 Å². The van der Waals surface area contributed by atoms with E-state index in [2.05, 4.69) is 15.0 Å². The molecule has 0 spiro atoms. The molecule has 0 radical (unpaired) electrons. The van der Waals surface area contributed by atoms with Crippen molar-refractivity contribution in [2.24, 2.45) is 0 Å². The minimum absolute atomic E-state index is 0.0890. The van der Waals surface area contributed by atoms with Gasteiger partial charge >= 0.3 is 0 Å². The molecule has 0 aliphatic heterocycles. The molecule has 0 fully saturated rings. The Balaban J connectivity index is 1.97. The highest BCUT2D eigenvalue weighted by molar-refractivity contribution is 7.92. The van der Waals surface area contributed by atoms with E-state index < -0.39 is 10.0 Å². The summed E-state index contributed by atoms with van der Waals surface area (Å²) in [6.07, 6.45) is 0.333. The Morgan fingerprint density at radius 3 is 2.59 bits per heavy atom. The molecule has 0 saturated heterocycles. The number of ether oxygens (including phenoxy) is 1. The highest BCUT2D eigenvalue weighted by Gasteiger charge is 2.17. The first-order valence-corrected chi connectivity index (χ1v) is 10.6. The molecule has 3 aromatic rings. The average Bonchev–Trinajstić information content (AvgIpc) is 3.03. The summed E-state index contributed by atoms with van der Waals surface area (Å²) >= 11 is 7.04. The van der Waals surface area contributed by atoms with Gasteiger partial charge in [-0.1, -0.05) is 29.9 Å². The number of carbonyl (C=O) groups excluding carboxylic acids is 1. The van der Waals surface area contributed by atoms with Crippen LogP contribution in [0.15, 0.2) is 41.3 Å². The highest BCUT2D eigenvalue weighted by atomic mass is 35.5. The fourth-order valence-electron chi connectivity index (χ4n) is 2.30. The van der Waals surface area contributed by atoms with Gasteiger partial charge in [0.2, 0.25) is 5.91 Å². The summed E-state index contributed by atoms with van der Waals surface area (Å²) in [4.78, 5) is 16.0. The number of rotatable bonds is 6. The van der Waals surface area contributed by atoms with Gasteiger partial charge in [-0.2, -0.15) is 0 Å². The maximum Gasteiger partial charge on any atom is 0.261 e. The van der Waals surface area contributed by atoms with Gasteiger partial charge in [0, 0.05) is 17.5 Å². The van der Waals surface area contributed by atoms with Gasteiger partial charge in [-0.05, 0) is 30.3 Å². The van der Waals surface area contributed by atoms with Crippen LogP contribution in [0, 0.1) is 0 Å². The van der Waals surface area contributed by atoms with Crippen molar-refractivity contribution in [3.8, 4) is 5.75 Å². The highest BCUT2D eigenvalue weighted by Crippen LogP contribution is 2.36. The van der Waals surface area contributed by atoms with Crippen LogP contribution in [0.4, 0.5) is 10.8 Å². The number of nitrogens with one attached hydrogen (secondary N) is 2. The second-order valence-corrected chi connectivity index (χ2v) is 8.65. The van der Waals surface area contributed by atoms with Gasteiger partial charge in [-0.25, -0.2) is 13.4 Å². The van der Waals surface area contributed by atoms with Crippen molar-refractivity contribution >= 4 is 59.9 Å². The van der Waals surface area contributed by atoms with Crippen LogP contribution in [-0.4, -0.2) is 26.4 Å². The second kappa shape index (κ2) is 7.71. The first-order valence-electron chi connectivity index (χ1n) is 7.89. The summed E-state index contributed by atoms with van der Waals surface area (Å²) in [5.41, 5.74) is 0.870. The summed E-state index contributed by atoms with van der Waals surface area (Å²) in [6.45, 7) is 1.74. The summed E-state index contributed by atoms with van der Waals surface area (Å²) < 4.78 is 33.7. The molecule has 2 aromatic carbocycles. The Kier molecular flexibility index (Phi) is 5.54. The molecule has 0 aliphatic rings. The first kappa shape index (κ1) is 19.4. The molecule has 0 unspecified atom stereocenters. The summed E-state index contributed by atoms with van der Waals surface area (Å²) in [7, 11) is -2.32. The quantitative estimate of drug-likeness (QED) is 0.619. The molecule has 2 N–H and O–H groups in total. The van der Waals surface area contributed by atoms with Crippen LogP contribution in [0.25, 0.3) is 10.2 Å². The summed E-state index contributed by atoms with van der Waals surface area (Å²) in [6, 6.07) is 9.04. The van der Waals surface area contributed by atoms with Crippen LogP contribution in [0.3, 0.4) is 0 Å². The number of aromatic nitrogens is 1. The van der Waals surface area contributed by atoms with Gasteiger partial charge in [0.05, 0.1) is 22.4 Å². The lowest BCUT2D eigenvalue weighted by atomic mass is 10.3. The van der Waals surface area contributed by atoms with Crippen molar-refractivity contribution in [3.63, 3.8) is 0 Å². The van der Waals surface area contributed by atoms with E-state index in [1.165, 1.54) is 42.7 Å². The topological polar surface area (TPSA) is 97.4 Å². The van der Waals surface area contributed by atoms with Gasteiger partial charge < -0.3 is 10.1 Å². The molecule has 7 nitrogen and oxygen atoms in total. The zero-order chi connectivity index (χ0) is 19.6. The molecule has 27 heavy (non-hydrogen) atoms. The Labute approximate surface area is 165 Å². The smallest absolute Gasteiger partial charge is 0.261 e. The Bertz CT molecular complexity index is 1100. The molecule has 1 aromatic heterocycles. The Morgan fingerprint density at radius 2 is 1.96 bits per heavy atom. The first-order chi connectivity index (χ1) is 12.8. The number of benzene rings is 2. The lowest BCUT2D eigenvalue weighted by Gasteiger charge is -2.10. The molecule has 3 rings (SSSR count). The number of methoxy groups -OCH3 is 1. The zero-order valence-corrected chi connectivity index (χ0v) is 16.8.